The predicted molar refractivity (Wildman–Crippen MR) is 98.5 cm³/mol. The van der Waals surface area contributed by atoms with E-state index in [0.29, 0.717) is 5.92 Å². The summed E-state index contributed by atoms with van der Waals surface area (Å²) in [7, 11) is 0. The number of aromatic nitrogens is 2. The van der Waals surface area contributed by atoms with E-state index in [2.05, 4.69) is 25.8 Å². The van der Waals surface area contributed by atoms with E-state index in [9.17, 15) is 9.50 Å². The van der Waals surface area contributed by atoms with Crippen LogP contribution in [-0.4, -0.2) is 52.3 Å². The molecule has 26 heavy (non-hydrogen) atoms. The van der Waals surface area contributed by atoms with Gasteiger partial charge in [0.05, 0.1) is 6.10 Å². The van der Waals surface area contributed by atoms with E-state index in [-0.39, 0.29) is 11.9 Å². The molecule has 1 saturated carbocycles. The fourth-order valence-electron chi connectivity index (χ4n) is 3.84. The molecule has 0 bridgehead atoms. The molecule has 0 spiro atoms. The number of anilines is 1. The van der Waals surface area contributed by atoms with E-state index in [1.807, 2.05) is 6.07 Å². The fraction of sp³-hybridized carbons (Fsp3) is 0.500. The lowest BCUT2D eigenvalue weighted by atomic mass is 9.80. The minimum Gasteiger partial charge on any atom is -0.393 e. The molecule has 1 aliphatic carbocycles. The fourth-order valence-corrected chi connectivity index (χ4v) is 3.84. The Hall–Kier alpha value is -2.05. The Balaban J connectivity index is 1.38. The van der Waals surface area contributed by atoms with E-state index in [0.717, 1.165) is 69.1 Å². The largest absolute Gasteiger partial charge is 0.393 e. The first-order valence-electron chi connectivity index (χ1n) is 9.39. The van der Waals surface area contributed by atoms with Crippen LogP contribution in [0, 0.1) is 5.82 Å². The minimum atomic E-state index is -0.173. The highest BCUT2D eigenvalue weighted by atomic mass is 19.1. The van der Waals surface area contributed by atoms with Crippen LogP contribution in [0.2, 0.25) is 0 Å². The van der Waals surface area contributed by atoms with Crippen LogP contribution < -0.4 is 4.90 Å². The maximum Gasteiger partial charge on any atom is 0.132 e. The van der Waals surface area contributed by atoms with Crippen molar-refractivity contribution in [1.29, 1.82) is 0 Å². The lowest BCUT2D eigenvalue weighted by Gasteiger charge is -2.31. The summed E-state index contributed by atoms with van der Waals surface area (Å²) in [6.07, 6.45) is 4.13. The summed E-state index contributed by atoms with van der Waals surface area (Å²) >= 11 is 0. The second-order valence-corrected chi connectivity index (χ2v) is 7.37. The molecule has 1 saturated heterocycles. The van der Waals surface area contributed by atoms with Gasteiger partial charge in [-0.1, -0.05) is 12.1 Å². The zero-order valence-electron chi connectivity index (χ0n) is 14.9. The third kappa shape index (κ3) is 4.02. The van der Waals surface area contributed by atoms with E-state index >= 15 is 0 Å². The molecule has 6 heteroatoms. The molecular formula is C20H25FN4O. The van der Waals surface area contributed by atoms with Crippen LogP contribution in [0.3, 0.4) is 0 Å². The van der Waals surface area contributed by atoms with Crippen molar-refractivity contribution in [2.45, 2.75) is 37.8 Å². The number of nitrogens with zero attached hydrogens (tertiary/aromatic N) is 4. The standard InChI is InChI=1S/C20H25FN4O/c21-17-4-1-3-15(9-17)13-24-5-2-6-25(8-7-24)20-12-19(22-14-23-20)16-10-18(26)11-16/h1,3-4,9,12,14,16,18,26H,2,5-8,10-11,13H2. The van der Waals surface area contributed by atoms with Crippen LogP contribution in [0.15, 0.2) is 36.7 Å². The van der Waals surface area contributed by atoms with Crippen LogP contribution in [0.4, 0.5) is 10.2 Å². The summed E-state index contributed by atoms with van der Waals surface area (Å²) in [4.78, 5) is 13.6. The summed E-state index contributed by atoms with van der Waals surface area (Å²) in [6.45, 7) is 4.57. The number of rotatable bonds is 4. The first-order chi connectivity index (χ1) is 12.7. The monoisotopic (exact) mass is 356 g/mol. The number of halogens is 1. The molecular weight excluding hydrogens is 331 g/mol. The van der Waals surface area contributed by atoms with Gasteiger partial charge in [-0.2, -0.15) is 0 Å². The third-order valence-corrected chi connectivity index (χ3v) is 5.41. The van der Waals surface area contributed by atoms with Gasteiger partial charge in [-0.3, -0.25) is 4.90 Å². The van der Waals surface area contributed by atoms with Crippen molar-refractivity contribution in [3.63, 3.8) is 0 Å². The van der Waals surface area contributed by atoms with Gasteiger partial charge in [0.1, 0.15) is 18.0 Å². The number of benzene rings is 1. The Kier molecular flexibility index (Phi) is 5.13. The minimum absolute atomic E-state index is 0.173. The summed E-state index contributed by atoms with van der Waals surface area (Å²) < 4.78 is 13.4. The van der Waals surface area contributed by atoms with Crippen molar-refractivity contribution in [3.05, 3.63) is 53.7 Å². The Labute approximate surface area is 153 Å². The molecule has 4 rings (SSSR count). The van der Waals surface area contributed by atoms with Gasteiger partial charge in [0, 0.05) is 50.4 Å². The van der Waals surface area contributed by atoms with Crippen LogP contribution in [0.5, 0.6) is 0 Å². The van der Waals surface area contributed by atoms with Crippen molar-refractivity contribution in [2.24, 2.45) is 0 Å². The molecule has 0 amide bonds. The topological polar surface area (TPSA) is 52.5 Å². The van der Waals surface area contributed by atoms with Crippen molar-refractivity contribution in [3.8, 4) is 0 Å². The second-order valence-electron chi connectivity index (χ2n) is 7.37. The van der Waals surface area contributed by atoms with Gasteiger partial charge < -0.3 is 10.0 Å². The summed E-state index contributed by atoms with van der Waals surface area (Å²) in [5.74, 6) is 1.17. The first-order valence-corrected chi connectivity index (χ1v) is 9.39. The van der Waals surface area contributed by atoms with Crippen molar-refractivity contribution in [2.75, 3.05) is 31.1 Å². The molecule has 2 aliphatic rings. The summed E-state index contributed by atoms with van der Waals surface area (Å²) in [5.41, 5.74) is 2.06. The highest BCUT2D eigenvalue weighted by Crippen LogP contribution is 2.36. The summed E-state index contributed by atoms with van der Waals surface area (Å²) in [5, 5.41) is 9.52. The quantitative estimate of drug-likeness (QED) is 0.913. The normalized spacial score (nSPS) is 24.2. The van der Waals surface area contributed by atoms with Gasteiger partial charge in [-0.15, -0.1) is 0 Å². The van der Waals surface area contributed by atoms with Gasteiger partial charge in [0.2, 0.25) is 0 Å². The molecule has 5 nitrogen and oxygen atoms in total. The molecule has 2 heterocycles. The molecule has 138 valence electrons. The molecule has 0 unspecified atom stereocenters. The molecule has 1 N–H and O–H groups in total. The molecule has 0 radical (unpaired) electrons. The van der Waals surface area contributed by atoms with E-state index < -0.39 is 0 Å². The molecule has 1 aromatic heterocycles. The van der Waals surface area contributed by atoms with Gasteiger partial charge >= 0.3 is 0 Å². The van der Waals surface area contributed by atoms with Crippen LogP contribution in [0.1, 0.15) is 36.4 Å². The van der Waals surface area contributed by atoms with Crippen LogP contribution in [-0.2, 0) is 6.54 Å². The Bertz CT molecular complexity index is 750. The number of hydrogen-bond acceptors (Lipinski definition) is 5. The van der Waals surface area contributed by atoms with Crippen LogP contribution >= 0.6 is 0 Å². The Morgan fingerprint density at radius 1 is 1.08 bits per heavy atom. The van der Waals surface area contributed by atoms with Gasteiger partial charge in [-0.05, 0) is 37.0 Å². The Morgan fingerprint density at radius 2 is 1.96 bits per heavy atom. The average molecular weight is 356 g/mol. The average Bonchev–Trinajstić information content (AvgIpc) is 2.85. The molecule has 2 aromatic rings. The Morgan fingerprint density at radius 3 is 2.77 bits per heavy atom. The zero-order valence-corrected chi connectivity index (χ0v) is 14.9. The maximum atomic E-state index is 13.4. The smallest absolute Gasteiger partial charge is 0.132 e. The number of aliphatic hydroxyl groups is 1. The SMILES string of the molecule is OC1CC(c2cc(N3CCCN(Cc4cccc(F)c4)CC3)ncn2)C1. The third-order valence-electron chi connectivity index (χ3n) is 5.41. The predicted octanol–water partition coefficient (Wildman–Crippen LogP) is 2.57. The van der Waals surface area contributed by atoms with Gasteiger partial charge in [-0.25, -0.2) is 14.4 Å². The number of aliphatic hydroxyl groups excluding tert-OH is 1. The highest BCUT2D eigenvalue weighted by molar-refractivity contribution is 5.40. The van der Waals surface area contributed by atoms with E-state index in [1.165, 1.54) is 6.07 Å². The number of hydrogen-bond donors (Lipinski definition) is 1. The lowest BCUT2D eigenvalue weighted by Crippen LogP contribution is -2.31. The first kappa shape index (κ1) is 17.4. The molecule has 1 aromatic carbocycles. The van der Waals surface area contributed by atoms with Crippen LogP contribution in [0.25, 0.3) is 0 Å². The molecule has 1 aliphatic heterocycles. The van der Waals surface area contributed by atoms with Gasteiger partial charge in [0.15, 0.2) is 0 Å². The van der Waals surface area contributed by atoms with Crippen molar-refractivity contribution >= 4 is 5.82 Å². The lowest BCUT2D eigenvalue weighted by molar-refractivity contribution is 0.0732. The van der Waals surface area contributed by atoms with E-state index in [4.69, 9.17) is 0 Å². The molecule has 0 atom stereocenters. The van der Waals surface area contributed by atoms with E-state index in [1.54, 1.807) is 18.5 Å². The zero-order chi connectivity index (χ0) is 17.9. The molecule has 2 fully saturated rings. The van der Waals surface area contributed by atoms with Crippen molar-refractivity contribution in [1.82, 2.24) is 14.9 Å². The van der Waals surface area contributed by atoms with Gasteiger partial charge in [0.25, 0.3) is 0 Å². The maximum absolute atomic E-state index is 13.4. The summed E-state index contributed by atoms with van der Waals surface area (Å²) in [6, 6.07) is 8.94. The highest BCUT2D eigenvalue weighted by Gasteiger charge is 2.30. The van der Waals surface area contributed by atoms with Crippen molar-refractivity contribution < 1.29 is 9.50 Å². The second kappa shape index (κ2) is 7.68.